The number of carbonyl (C=O) groups excluding carboxylic acids is 1. The number of rotatable bonds is 14. The average molecular weight is 563 g/mol. The summed E-state index contributed by atoms with van der Waals surface area (Å²) in [6.07, 6.45) is 1.54. The van der Waals surface area contributed by atoms with E-state index in [-0.39, 0.29) is 12.2 Å². The van der Waals surface area contributed by atoms with Gasteiger partial charge in [-0.3, -0.25) is 4.79 Å². The van der Waals surface area contributed by atoms with Gasteiger partial charge in [0.25, 0.3) is 5.91 Å². The van der Waals surface area contributed by atoms with E-state index >= 15 is 0 Å². The summed E-state index contributed by atoms with van der Waals surface area (Å²) < 4.78 is 23.8. The molecule has 1 N–H and O–H groups in total. The standard InChI is InChI=1S/C35H34N2O5/c1-3-39-33-20-28(19-30(22-36)35(38)37-23-26-11-7-5-8-12-26)15-17-31(33)42-25-29-16-18-32(34(21-29)40-4-2)41-24-27-13-9-6-10-14-27/h5-21H,3-4,23-25H2,1-2H3,(H,37,38)/b30-19+. The molecule has 7 nitrogen and oxygen atoms in total. The summed E-state index contributed by atoms with van der Waals surface area (Å²) in [6.45, 7) is 5.79. The highest BCUT2D eigenvalue weighted by atomic mass is 16.5. The number of nitriles is 1. The Morgan fingerprint density at radius 1 is 0.690 bits per heavy atom. The minimum absolute atomic E-state index is 0.0000690. The monoisotopic (exact) mass is 562 g/mol. The second-order valence-corrected chi connectivity index (χ2v) is 9.25. The van der Waals surface area contributed by atoms with Crippen LogP contribution >= 0.6 is 0 Å². The van der Waals surface area contributed by atoms with Gasteiger partial charge in [0.2, 0.25) is 0 Å². The first-order valence-electron chi connectivity index (χ1n) is 13.9. The van der Waals surface area contributed by atoms with Gasteiger partial charge in [0.1, 0.15) is 24.9 Å². The number of amides is 1. The van der Waals surface area contributed by atoms with E-state index in [0.29, 0.717) is 54.9 Å². The van der Waals surface area contributed by atoms with Gasteiger partial charge in [-0.2, -0.15) is 5.26 Å². The first-order valence-corrected chi connectivity index (χ1v) is 13.9. The number of carbonyl (C=O) groups is 1. The Morgan fingerprint density at radius 2 is 1.26 bits per heavy atom. The van der Waals surface area contributed by atoms with Gasteiger partial charge in [0.05, 0.1) is 13.2 Å². The van der Waals surface area contributed by atoms with Crippen LogP contribution in [0.4, 0.5) is 0 Å². The number of benzene rings is 4. The molecule has 0 spiro atoms. The zero-order valence-corrected chi connectivity index (χ0v) is 23.8. The Hall–Kier alpha value is -5.22. The van der Waals surface area contributed by atoms with Gasteiger partial charge in [0, 0.05) is 6.54 Å². The number of hydrogen-bond acceptors (Lipinski definition) is 6. The SMILES string of the molecule is CCOc1cc(/C=C(\C#N)C(=O)NCc2ccccc2)ccc1OCc1ccc(OCc2ccccc2)c(OCC)c1. The molecule has 0 fully saturated rings. The van der Waals surface area contributed by atoms with Crippen molar-refractivity contribution in [2.45, 2.75) is 33.6 Å². The molecule has 0 radical (unpaired) electrons. The van der Waals surface area contributed by atoms with E-state index in [0.717, 1.165) is 16.7 Å². The van der Waals surface area contributed by atoms with Crippen molar-refractivity contribution in [3.63, 3.8) is 0 Å². The van der Waals surface area contributed by atoms with Gasteiger partial charge in [-0.05, 0) is 66.4 Å². The van der Waals surface area contributed by atoms with Gasteiger partial charge in [-0.15, -0.1) is 0 Å². The predicted octanol–water partition coefficient (Wildman–Crippen LogP) is 6.87. The predicted molar refractivity (Wildman–Crippen MR) is 162 cm³/mol. The lowest BCUT2D eigenvalue weighted by Gasteiger charge is -2.15. The van der Waals surface area contributed by atoms with Crippen LogP contribution < -0.4 is 24.3 Å². The maximum atomic E-state index is 12.6. The molecule has 4 aromatic rings. The van der Waals surface area contributed by atoms with Crippen molar-refractivity contribution < 1.29 is 23.7 Å². The average Bonchev–Trinajstić information content (AvgIpc) is 3.03. The summed E-state index contributed by atoms with van der Waals surface area (Å²) in [7, 11) is 0. The lowest BCUT2D eigenvalue weighted by molar-refractivity contribution is -0.117. The molecule has 1 amide bonds. The van der Waals surface area contributed by atoms with Crippen molar-refractivity contribution in [3.8, 4) is 29.1 Å². The van der Waals surface area contributed by atoms with E-state index in [1.807, 2.05) is 98.8 Å². The molecule has 0 unspecified atom stereocenters. The van der Waals surface area contributed by atoms with Crippen LogP contribution in [-0.2, 0) is 24.6 Å². The summed E-state index contributed by atoms with van der Waals surface area (Å²) in [5.41, 5.74) is 3.57. The quantitative estimate of drug-likeness (QED) is 0.133. The van der Waals surface area contributed by atoms with Crippen molar-refractivity contribution in [2.24, 2.45) is 0 Å². The van der Waals surface area contributed by atoms with E-state index in [2.05, 4.69) is 5.32 Å². The van der Waals surface area contributed by atoms with Crippen molar-refractivity contribution in [1.29, 1.82) is 5.26 Å². The molecular weight excluding hydrogens is 528 g/mol. The summed E-state index contributed by atoms with van der Waals surface area (Å²) in [6, 6.07) is 32.5. The van der Waals surface area contributed by atoms with Crippen LogP contribution in [0.25, 0.3) is 6.08 Å². The van der Waals surface area contributed by atoms with E-state index in [1.54, 1.807) is 18.2 Å². The molecular formula is C35H34N2O5. The zero-order valence-electron chi connectivity index (χ0n) is 23.8. The normalized spacial score (nSPS) is 10.8. The fraction of sp³-hybridized carbons (Fsp3) is 0.200. The number of hydrogen-bond donors (Lipinski definition) is 1. The third kappa shape index (κ3) is 8.64. The smallest absolute Gasteiger partial charge is 0.262 e. The van der Waals surface area contributed by atoms with Crippen molar-refractivity contribution in [3.05, 3.63) is 125 Å². The van der Waals surface area contributed by atoms with Crippen molar-refractivity contribution >= 4 is 12.0 Å². The Kier molecular flexibility index (Phi) is 11.0. The lowest BCUT2D eigenvalue weighted by atomic mass is 10.1. The molecule has 0 aliphatic carbocycles. The molecule has 0 saturated heterocycles. The summed E-state index contributed by atoms with van der Waals surface area (Å²) in [5.74, 6) is 1.93. The highest BCUT2D eigenvalue weighted by Crippen LogP contribution is 2.32. The van der Waals surface area contributed by atoms with E-state index < -0.39 is 5.91 Å². The Bertz CT molecular complexity index is 1530. The summed E-state index contributed by atoms with van der Waals surface area (Å²) >= 11 is 0. The largest absolute Gasteiger partial charge is 0.490 e. The molecule has 7 heteroatoms. The Balaban J connectivity index is 1.43. The van der Waals surface area contributed by atoms with Crippen LogP contribution in [0.5, 0.6) is 23.0 Å². The second-order valence-electron chi connectivity index (χ2n) is 9.25. The minimum atomic E-state index is -0.444. The van der Waals surface area contributed by atoms with Crippen molar-refractivity contribution in [1.82, 2.24) is 5.32 Å². The molecule has 0 heterocycles. The lowest BCUT2D eigenvalue weighted by Crippen LogP contribution is -2.23. The molecule has 0 aromatic heterocycles. The molecule has 214 valence electrons. The maximum Gasteiger partial charge on any atom is 0.262 e. The molecule has 0 aliphatic heterocycles. The molecule has 4 rings (SSSR count). The fourth-order valence-corrected chi connectivity index (χ4v) is 4.12. The number of nitrogens with zero attached hydrogens (tertiary/aromatic N) is 1. The number of nitrogens with one attached hydrogen (secondary N) is 1. The molecule has 4 aromatic carbocycles. The first kappa shape index (κ1) is 29.8. The third-order valence-electron chi connectivity index (χ3n) is 6.18. The maximum absolute atomic E-state index is 12.6. The first-order chi connectivity index (χ1) is 20.6. The highest BCUT2D eigenvalue weighted by molar-refractivity contribution is 6.01. The van der Waals surface area contributed by atoms with Crippen molar-refractivity contribution in [2.75, 3.05) is 13.2 Å². The Labute approximate surface area is 246 Å². The molecule has 0 aliphatic rings. The minimum Gasteiger partial charge on any atom is -0.490 e. The summed E-state index contributed by atoms with van der Waals surface area (Å²) in [4.78, 5) is 12.6. The topological polar surface area (TPSA) is 89.8 Å². The van der Waals surface area contributed by atoms with Crippen LogP contribution in [0.2, 0.25) is 0 Å². The third-order valence-corrected chi connectivity index (χ3v) is 6.18. The van der Waals surface area contributed by atoms with Crippen LogP contribution in [0.3, 0.4) is 0 Å². The molecule has 0 bridgehead atoms. The fourth-order valence-electron chi connectivity index (χ4n) is 4.12. The van der Waals surface area contributed by atoms with Gasteiger partial charge >= 0.3 is 0 Å². The number of ether oxygens (including phenoxy) is 4. The molecule has 0 saturated carbocycles. The van der Waals surface area contributed by atoms with Gasteiger partial charge in [-0.25, -0.2) is 0 Å². The van der Waals surface area contributed by atoms with E-state index in [4.69, 9.17) is 18.9 Å². The second kappa shape index (κ2) is 15.5. The molecule has 0 atom stereocenters. The van der Waals surface area contributed by atoms with Crippen LogP contribution in [-0.4, -0.2) is 19.1 Å². The van der Waals surface area contributed by atoms with E-state index in [9.17, 15) is 10.1 Å². The van der Waals surface area contributed by atoms with Crippen LogP contribution in [0.15, 0.2) is 103 Å². The van der Waals surface area contributed by atoms with Gasteiger partial charge in [0.15, 0.2) is 23.0 Å². The Morgan fingerprint density at radius 3 is 1.88 bits per heavy atom. The van der Waals surface area contributed by atoms with Crippen LogP contribution in [0.1, 0.15) is 36.1 Å². The van der Waals surface area contributed by atoms with Gasteiger partial charge < -0.3 is 24.3 Å². The molecule has 42 heavy (non-hydrogen) atoms. The van der Waals surface area contributed by atoms with Gasteiger partial charge in [-0.1, -0.05) is 72.8 Å². The zero-order chi connectivity index (χ0) is 29.6. The summed E-state index contributed by atoms with van der Waals surface area (Å²) in [5, 5.41) is 12.4. The van der Waals surface area contributed by atoms with E-state index in [1.165, 1.54) is 6.08 Å². The highest BCUT2D eigenvalue weighted by Gasteiger charge is 2.13. The van der Waals surface area contributed by atoms with Crippen LogP contribution in [0, 0.1) is 11.3 Å².